The molecule has 0 radical (unpaired) electrons. The summed E-state index contributed by atoms with van der Waals surface area (Å²) in [5.41, 5.74) is 6.87. The fraction of sp³-hybridized carbons (Fsp3) is 0.179. The third kappa shape index (κ3) is 3.99. The number of aromatic nitrogens is 1. The topological polar surface area (TPSA) is 54.8 Å². The molecule has 4 aromatic rings. The molecule has 0 aliphatic carbocycles. The number of aryl methyl sites for hydroxylation is 1. The molecule has 0 N–H and O–H groups in total. The van der Waals surface area contributed by atoms with Gasteiger partial charge < -0.3 is 4.74 Å². The maximum atomic E-state index is 12.6. The van der Waals surface area contributed by atoms with Crippen LogP contribution in [0.3, 0.4) is 0 Å². The number of halogens is 1. The number of carbonyl (C=O) groups excluding carboxylic acids is 1. The number of rotatable bonds is 4. The lowest BCUT2D eigenvalue weighted by Crippen LogP contribution is -2.24. The van der Waals surface area contributed by atoms with Crippen LogP contribution < -0.4 is 4.74 Å². The predicted octanol–water partition coefficient (Wildman–Crippen LogP) is 6.68. The van der Waals surface area contributed by atoms with Crippen LogP contribution in [0.4, 0.5) is 0 Å². The largest absolute Gasteiger partial charge is 0.497 e. The maximum Gasteiger partial charge on any atom is 0.240 e. The Kier molecular flexibility index (Phi) is 5.92. The number of methoxy groups -OCH3 is 1. The number of carbonyl (C=O) groups is 1. The van der Waals surface area contributed by atoms with Crippen LogP contribution in [0.1, 0.15) is 36.2 Å². The Hall–Kier alpha value is -3.51. The van der Waals surface area contributed by atoms with Crippen molar-refractivity contribution in [2.45, 2.75) is 26.3 Å². The second-order valence-electron chi connectivity index (χ2n) is 8.38. The molecule has 1 amide bonds. The highest BCUT2D eigenvalue weighted by Gasteiger charge is 2.33. The molecule has 0 spiro atoms. The summed E-state index contributed by atoms with van der Waals surface area (Å²) in [6, 6.07) is 24.1. The molecule has 170 valence electrons. The third-order valence-electron chi connectivity index (χ3n) is 6.21. The third-order valence-corrected chi connectivity index (χ3v) is 6.71. The first-order chi connectivity index (χ1) is 16.5. The van der Waals surface area contributed by atoms with Crippen LogP contribution >= 0.6 is 15.9 Å². The van der Waals surface area contributed by atoms with E-state index < -0.39 is 0 Å². The quantitative estimate of drug-likeness (QED) is 0.305. The van der Waals surface area contributed by atoms with Crippen molar-refractivity contribution in [1.82, 2.24) is 9.99 Å². The number of fused-ring (bicyclic) bond motifs is 1. The van der Waals surface area contributed by atoms with Gasteiger partial charge in [-0.1, -0.05) is 58.4 Å². The molecule has 5 rings (SSSR count). The van der Waals surface area contributed by atoms with E-state index in [0.29, 0.717) is 6.42 Å². The molecule has 6 heteroatoms. The summed E-state index contributed by atoms with van der Waals surface area (Å²) in [7, 11) is 1.65. The van der Waals surface area contributed by atoms with Gasteiger partial charge in [-0.3, -0.25) is 9.78 Å². The Morgan fingerprint density at radius 1 is 1.03 bits per heavy atom. The van der Waals surface area contributed by atoms with E-state index in [1.807, 2.05) is 61.5 Å². The van der Waals surface area contributed by atoms with Gasteiger partial charge in [0.05, 0.1) is 24.4 Å². The van der Waals surface area contributed by atoms with Crippen molar-refractivity contribution in [2.24, 2.45) is 5.10 Å². The second-order valence-corrected chi connectivity index (χ2v) is 9.29. The number of benzene rings is 3. The number of amides is 1. The first-order valence-electron chi connectivity index (χ1n) is 11.1. The van der Waals surface area contributed by atoms with Gasteiger partial charge in [-0.25, -0.2) is 5.01 Å². The highest BCUT2D eigenvalue weighted by atomic mass is 79.9. The van der Waals surface area contributed by atoms with E-state index in [9.17, 15) is 4.79 Å². The molecule has 1 aliphatic heterocycles. The fourth-order valence-electron chi connectivity index (χ4n) is 4.65. The lowest BCUT2D eigenvalue weighted by molar-refractivity contribution is -0.130. The van der Waals surface area contributed by atoms with E-state index in [0.717, 1.165) is 54.8 Å². The van der Waals surface area contributed by atoms with Gasteiger partial charge in [0.2, 0.25) is 5.91 Å². The molecule has 1 atom stereocenters. The molecule has 0 bridgehead atoms. The monoisotopic (exact) mass is 513 g/mol. The van der Waals surface area contributed by atoms with Gasteiger partial charge in [0, 0.05) is 40.0 Å². The van der Waals surface area contributed by atoms with Crippen LogP contribution in [0.2, 0.25) is 0 Å². The molecule has 0 saturated carbocycles. The van der Waals surface area contributed by atoms with Gasteiger partial charge in [-0.15, -0.1) is 0 Å². The number of hydrogen-bond donors (Lipinski definition) is 0. The second kappa shape index (κ2) is 9.03. The number of hydrazone groups is 1. The molecule has 0 fully saturated rings. The summed E-state index contributed by atoms with van der Waals surface area (Å²) in [5.74, 6) is 0.690. The zero-order chi connectivity index (χ0) is 23.8. The summed E-state index contributed by atoms with van der Waals surface area (Å²) in [5, 5.41) is 7.49. The van der Waals surface area contributed by atoms with Gasteiger partial charge in [0.25, 0.3) is 0 Å². The summed E-state index contributed by atoms with van der Waals surface area (Å²) >= 11 is 3.63. The van der Waals surface area contributed by atoms with Crippen molar-refractivity contribution >= 4 is 38.5 Å². The lowest BCUT2D eigenvalue weighted by atomic mass is 9.89. The van der Waals surface area contributed by atoms with Crippen LogP contribution in [0.15, 0.2) is 82.4 Å². The number of pyridine rings is 1. The molecular weight excluding hydrogens is 490 g/mol. The Morgan fingerprint density at radius 2 is 1.76 bits per heavy atom. The molecule has 3 aromatic carbocycles. The smallest absolute Gasteiger partial charge is 0.240 e. The summed E-state index contributed by atoms with van der Waals surface area (Å²) in [6.07, 6.45) is 0.605. The minimum absolute atomic E-state index is 0.0915. The Morgan fingerprint density at radius 3 is 2.44 bits per heavy atom. The molecule has 34 heavy (non-hydrogen) atoms. The van der Waals surface area contributed by atoms with Crippen LogP contribution in [-0.2, 0) is 4.79 Å². The van der Waals surface area contributed by atoms with Crippen molar-refractivity contribution in [3.05, 3.63) is 94.1 Å². The van der Waals surface area contributed by atoms with Crippen LogP contribution in [0.5, 0.6) is 5.75 Å². The normalized spacial score (nSPS) is 15.5. The fourth-order valence-corrected chi connectivity index (χ4v) is 5.01. The van der Waals surface area contributed by atoms with E-state index >= 15 is 0 Å². The maximum absolute atomic E-state index is 12.6. The molecule has 5 nitrogen and oxygen atoms in total. The average Bonchev–Trinajstić information content (AvgIpc) is 3.29. The van der Waals surface area contributed by atoms with Crippen molar-refractivity contribution in [3.63, 3.8) is 0 Å². The number of nitrogens with zero attached hydrogens (tertiary/aromatic N) is 3. The van der Waals surface area contributed by atoms with E-state index in [1.165, 1.54) is 0 Å². The Bertz CT molecular complexity index is 1420. The van der Waals surface area contributed by atoms with E-state index in [-0.39, 0.29) is 11.9 Å². The van der Waals surface area contributed by atoms with Gasteiger partial charge in [0.15, 0.2) is 0 Å². The average molecular weight is 514 g/mol. The van der Waals surface area contributed by atoms with Gasteiger partial charge in [0.1, 0.15) is 5.75 Å². The predicted molar refractivity (Wildman–Crippen MR) is 139 cm³/mol. The van der Waals surface area contributed by atoms with Gasteiger partial charge >= 0.3 is 0 Å². The zero-order valence-electron chi connectivity index (χ0n) is 19.2. The van der Waals surface area contributed by atoms with Crippen molar-refractivity contribution in [3.8, 4) is 16.9 Å². The van der Waals surface area contributed by atoms with E-state index in [2.05, 4.69) is 34.1 Å². The van der Waals surface area contributed by atoms with Crippen molar-refractivity contribution in [1.29, 1.82) is 0 Å². The molecule has 2 heterocycles. The van der Waals surface area contributed by atoms with Crippen molar-refractivity contribution in [2.75, 3.05) is 7.11 Å². The Balaban J connectivity index is 1.70. The Labute approximate surface area is 207 Å². The minimum atomic E-state index is -0.181. The molecular formula is C28H24BrN3O2. The molecule has 1 aliphatic rings. The standard InChI is InChI=1S/C28H24BrN3O2/c1-17-27(25-16-26(32(31-25)18(2)33)19-9-12-22(34-3)13-10-19)28(20-7-5-4-6-8-20)23-15-21(29)11-14-24(23)30-17/h4-15,26H,16H2,1-3H3/t26-/m1/s1. The highest BCUT2D eigenvalue weighted by molar-refractivity contribution is 9.10. The lowest BCUT2D eigenvalue weighted by Gasteiger charge is -2.20. The van der Waals surface area contributed by atoms with Crippen molar-refractivity contribution < 1.29 is 9.53 Å². The highest BCUT2D eigenvalue weighted by Crippen LogP contribution is 2.40. The van der Waals surface area contributed by atoms with Gasteiger partial charge in [-0.05, 0) is 48.4 Å². The van der Waals surface area contributed by atoms with Gasteiger partial charge in [-0.2, -0.15) is 5.10 Å². The van der Waals surface area contributed by atoms with Crippen LogP contribution in [-0.4, -0.2) is 28.7 Å². The SMILES string of the molecule is COc1ccc([C@H]2CC(c3c(C)nc4ccc(Br)cc4c3-c3ccccc3)=NN2C(C)=O)cc1. The molecule has 0 unspecified atom stereocenters. The summed E-state index contributed by atoms with van der Waals surface area (Å²) < 4.78 is 6.30. The number of hydrogen-bond acceptors (Lipinski definition) is 4. The number of ether oxygens (including phenoxy) is 1. The summed E-state index contributed by atoms with van der Waals surface area (Å²) in [6.45, 7) is 3.58. The van der Waals surface area contributed by atoms with E-state index in [4.69, 9.17) is 14.8 Å². The molecule has 0 saturated heterocycles. The summed E-state index contributed by atoms with van der Waals surface area (Å²) in [4.78, 5) is 17.5. The first kappa shape index (κ1) is 22.3. The van der Waals surface area contributed by atoms with Crippen LogP contribution in [0.25, 0.3) is 22.0 Å². The molecule has 1 aromatic heterocycles. The zero-order valence-corrected chi connectivity index (χ0v) is 20.8. The van der Waals surface area contributed by atoms with E-state index in [1.54, 1.807) is 19.0 Å². The van der Waals surface area contributed by atoms with Crippen LogP contribution in [0, 0.1) is 6.92 Å². The minimum Gasteiger partial charge on any atom is -0.497 e. The first-order valence-corrected chi connectivity index (χ1v) is 11.9.